The Bertz CT molecular complexity index is 474. The quantitative estimate of drug-likeness (QED) is 0.172. The molecule has 7 heteroatoms. The molecule has 0 aromatic carbocycles. The number of aliphatic imine (C=N–C) groups is 1. The first kappa shape index (κ1) is 18.9. The first-order valence-corrected chi connectivity index (χ1v) is 5.95. The van der Waals surface area contributed by atoms with Crippen molar-refractivity contribution in [2.24, 2.45) is 10.1 Å². The van der Waals surface area contributed by atoms with Crippen LogP contribution in [0.5, 0.6) is 0 Å². The molecule has 2 rings (SSSR count). The lowest BCUT2D eigenvalue weighted by atomic mass is 10.3. The molecule has 0 saturated heterocycles. The Balaban J connectivity index is 0.00000180. The standard InChI is InChI=1S/C13H17N4O.2BrH/c1-17(10-5-14-12-17)9-2-6-16-7-3-13(4-8-16)11-15-18;;/h3-5,7-8,10-12H,2,6,9H2,1H3;2*1H/q+1;;/p-1. The number of aryl methyl sites for hydroxylation is 1. The number of hydrogen-bond acceptors (Lipinski definition) is 3. The molecule has 0 spiro atoms. The van der Waals surface area contributed by atoms with Gasteiger partial charge in [-0.2, -0.15) is 0 Å². The zero-order chi connectivity index (χ0) is 12.8. The fourth-order valence-corrected chi connectivity index (χ4v) is 1.92. The zero-order valence-corrected chi connectivity index (χ0v) is 14.4. The average molecular weight is 406 g/mol. The Kier molecular flexibility index (Phi) is 8.52. The van der Waals surface area contributed by atoms with Crippen molar-refractivity contribution in [3.05, 3.63) is 42.5 Å². The number of nitrogens with zero attached hydrogens (tertiary/aromatic N) is 4. The van der Waals surface area contributed by atoms with E-state index >= 15 is 0 Å². The van der Waals surface area contributed by atoms with Crippen LogP contribution in [0.4, 0.5) is 0 Å². The van der Waals surface area contributed by atoms with Crippen LogP contribution < -0.4 is 38.5 Å². The van der Waals surface area contributed by atoms with E-state index in [1.165, 1.54) is 6.21 Å². The molecule has 1 unspecified atom stereocenters. The number of halogens is 2. The van der Waals surface area contributed by atoms with Crippen molar-refractivity contribution in [2.75, 3.05) is 13.6 Å². The maximum absolute atomic E-state index is 8.42. The number of hydrogen-bond donors (Lipinski definition) is 1. The van der Waals surface area contributed by atoms with Crippen LogP contribution in [0.3, 0.4) is 0 Å². The monoisotopic (exact) mass is 404 g/mol. The molecule has 1 aliphatic heterocycles. The van der Waals surface area contributed by atoms with Crippen LogP contribution >= 0.6 is 0 Å². The molecule has 0 bridgehead atoms. The molecule has 20 heavy (non-hydrogen) atoms. The number of quaternary nitrogens is 1. The number of pyridine rings is 1. The van der Waals surface area contributed by atoms with Gasteiger partial charge in [0.2, 0.25) is 0 Å². The summed E-state index contributed by atoms with van der Waals surface area (Å²) in [5.74, 6) is 0. The van der Waals surface area contributed by atoms with Gasteiger partial charge in [-0.15, -0.1) is 0 Å². The minimum absolute atomic E-state index is 0. The third-order valence-electron chi connectivity index (χ3n) is 3.00. The van der Waals surface area contributed by atoms with Gasteiger partial charge in [0.1, 0.15) is 6.20 Å². The maximum atomic E-state index is 8.42. The predicted octanol–water partition coefficient (Wildman–Crippen LogP) is -4.86. The molecule has 0 radical (unpaired) electrons. The second kappa shape index (κ2) is 8.99. The van der Waals surface area contributed by atoms with E-state index in [2.05, 4.69) is 28.0 Å². The molecule has 1 aromatic rings. The SMILES string of the molecule is C[N+]1(CCC[n+]2ccc(/C=N\O)cc2)C=CN=C1.[Br-].[Br-]. The van der Waals surface area contributed by atoms with Gasteiger partial charge < -0.3 is 39.2 Å². The Hall–Kier alpha value is -1.05. The fraction of sp³-hybridized carbons (Fsp3) is 0.308. The average Bonchev–Trinajstić information content (AvgIpc) is 2.79. The van der Waals surface area contributed by atoms with Crippen molar-refractivity contribution in [3.8, 4) is 0 Å². The summed E-state index contributed by atoms with van der Waals surface area (Å²) in [7, 11) is 2.14. The third-order valence-corrected chi connectivity index (χ3v) is 3.00. The zero-order valence-electron chi connectivity index (χ0n) is 11.2. The van der Waals surface area contributed by atoms with E-state index in [0.29, 0.717) is 0 Å². The van der Waals surface area contributed by atoms with Crippen LogP contribution in [0.2, 0.25) is 0 Å². The number of rotatable bonds is 5. The first-order chi connectivity index (χ1) is 8.72. The second-order valence-electron chi connectivity index (χ2n) is 4.60. The van der Waals surface area contributed by atoms with Gasteiger partial charge in [-0.05, 0) is 0 Å². The van der Waals surface area contributed by atoms with Crippen molar-refractivity contribution in [1.82, 2.24) is 0 Å². The van der Waals surface area contributed by atoms with Gasteiger partial charge in [-0.3, -0.25) is 4.48 Å². The van der Waals surface area contributed by atoms with Crippen LogP contribution in [-0.2, 0) is 6.54 Å². The number of aromatic nitrogens is 1. The van der Waals surface area contributed by atoms with Crippen LogP contribution in [-0.4, -0.2) is 35.8 Å². The molecular weight excluding hydrogens is 388 g/mol. The van der Waals surface area contributed by atoms with Crippen molar-refractivity contribution in [3.63, 3.8) is 0 Å². The van der Waals surface area contributed by atoms with Gasteiger partial charge in [-0.25, -0.2) is 9.56 Å². The second-order valence-corrected chi connectivity index (χ2v) is 4.60. The topological polar surface area (TPSA) is 48.8 Å². The molecule has 1 N–H and O–H groups in total. The molecule has 0 saturated carbocycles. The molecule has 0 fully saturated rings. The molecule has 110 valence electrons. The van der Waals surface area contributed by atoms with Gasteiger partial charge in [0.05, 0.1) is 32.4 Å². The fourth-order valence-electron chi connectivity index (χ4n) is 1.92. The van der Waals surface area contributed by atoms with Gasteiger partial charge in [0.25, 0.3) is 0 Å². The highest BCUT2D eigenvalue weighted by Crippen LogP contribution is 2.07. The molecule has 1 aromatic heterocycles. The molecule has 0 amide bonds. The van der Waals surface area contributed by atoms with E-state index in [0.717, 1.165) is 29.6 Å². The largest absolute Gasteiger partial charge is 1.00 e. The van der Waals surface area contributed by atoms with E-state index in [1.807, 2.05) is 37.1 Å². The smallest absolute Gasteiger partial charge is 0.194 e. The van der Waals surface area contributed by atoms with Crippen LogP contribution in [0, 0.1) is 0 Å². The third kappa shape index (κ3) is 5.52. The Morgan fingerprint density at radius 2 is 2.05 bits per heavy atom. The molecule has 0 aliphatic carbocycles. The summed E-state index contributed by atoms with van der Waals surface area (Å²) in [5.41, 5.74) is 0.891. The summed E-state index contributed by atoms with van der Waals surface area (Å²) in [4.78, 5) is 4.12. The highest BCUT2D eigenvalue weighted by molar-refractivity contribution is 5.78. The Morgan fingerprint density at radius 3 is 2.60 bits per heavy atom. The Morgan fingerprint density at radius 1 is 1.35 bits per heavy atom. The minimum atomic E-state index is 0. The minimum Gasteiger partial charge on any atom is -1.00 e. The van der Waals surface area contributed by atoms with Crippen LogP contribution in [0.1, 0.15) is 12.0 Å². The van der Waals surface area contributed by atoms with Crippen molar-refractivity contribution < 1.29 is 48.2 Å². The van der Waals surface area contributed by atoms with Gasteiger partial charge in [0, 0.05) is 17.7 Å². The van der Waals surface area contributed by atoms with E-state index in [4.69, 9.17) is 5.21 Å². The summed E-state index contributed by atoms with van der Waals surface area (Å²) in [6.45, 7) is 2.00. The normalized spacial score (nSPS) is 19.9. The highest BCUT2D eigenvalue weighted by Gasteiger charge is 2.19. The summed E-state index contributed by atoms with van der Waals surface area (Å²) in [6, 6.07) is 3.85. The highest BCUT2D eigenvalue weighted by atomic mass is 79.9. The van der Waals surface area contributed by atoms with Crippen LogP contribution in [0.25, 0.3) is 0 Å². The maximum Gasteiger partial charge on any atom is 0.194 e. The molecule has 1 aliphatic rings. The van der Waals surface area contributed by atoms with E-state index in [1.54, 1.807) is 0 Å². The first-order valence-electron chi connectivity index (χ1n) is 5.95. The molecule has 1 atom stereocenters. The summed E-state index contributed by atoms with van der Waals surface area (Å²) in [6.07, 6.45) is 12.4. The Labute approximate surface area is 140 Å². The predicted molar refractivity (Wildman–Crippen MR) is 69.3 cm³/mol. The van der Waals surface area contributed by atoms with E-state index in [-0.39, 0.29) is 34.0 Å². The molecular formula is C13H18Br2N4O. The summed E-state index contributed by atoms with van der Waals surface area (Å²) in [5, 5.41) is 11.4. The summed E-state index contributed by atoms with van der Waals surface area (Å²) < 4.78 is 2.90. The van der Waals surface area contributed by atoms with E-state index in [9.17, 15) is 0 Å². The van der Waals surface area contributed by atoms with Crippen molar-refractivity contribution in [2.45, 2.75) is 13.0 Å². The number of oxime groups is 1. The van der Waals surface area contributed by atoms with Crippen LogP contribution in [0.15, 0.2) is 47.1 Å². The van der Waals surface area contributed by atoms with Crippen molar-refractivity contribution >= 4 is 12.6 Å². The lowest BCUT2D eigenvalue weighted by Gasteiger charge is -2.20. The lowest BCUT2D eigenvalue weighted by molar-refractivity contribution is -0.766. The molecule has 5 nitrogen and oxygen atoms in total. The van der Waals surface area contributed by atoms with E-state index < -0.39 is 0 Å². The van der Waals surface area contributed by atoms with Gasteiger partial charge in [0.15, 0.2) is 25.3 Å². The summed E-state index contributed by atoms with van der Waals surface area (Å²) >= 11 is 0. The van der Waals surface area contributed by atoms with Crippen molar-refractivity contribution in [1.29, 1.82) is 0 Å². The van der Waals surface area contributed by atoms with Gasteiger partial charge in [-0.1, -0.05) is 5.16 Å². The lowest BCUT2D eigenvalue weighted by Crippen LogP contribution is -3.00. The molecule has 2 heterocycles. The van der Waals surface area contributed by atoms with Gasteiger partial charge >= 0.3 is 0 Å².